The van der Waals surface area contributed by atoms with Crippen molar-refractivity contribution in [2.24, 2.45) is 4.99 Å². The first-order chi connectivity index (χ1) is 7.75. The zero-order valence-corrected chi connectivity index (χ0v) is 9.33. The molecule has 0 atom stereocenters. The van der Waals surface area contributed by atoms with Crippen LogP contribution in [0.15, 0.2) is 29.3 Å². The number of aliphatic imine (C=N–C) groups is 1. The second-order valence-corrected chi connectivity index (χ2v) is 3.75. The fraction of sp³-hybridized carbons (Fsp3) is 0.273. The molecule has 2 rings (SSSR count). The maximum Gasteiger partial charge on any atom is 0.259 e. The molecule has 0 aromatic heterocycles. The molecule has 1 heterocycles. The Morgan fingerprint density at radius 3 is 2.75 bits per heavy atom. The van der Waals surface area contributed by atoms with E-state index in [9.17, 15) is 4.79 Å². The minimum Gasteiger partial charge on any atom is -0.484 e. The summed E-state index contributed by atoms with van der Waals surface area (Å²) in [6, 6.07) is 7.37. The molecule has 84 valence electrons. The van der Waals surface area contributed by atoms with Crippen molar-refractivity contribution >= 4 is 22.7 Å². The largest absolute Gasteiger partial charge is 0.484 e. The van der Waals surface area contributed by atoms with Gasteiger partial charge in [-0.25, -0.2) is 0 Å². The molecule has 0 amide bonds. The highest BCUT2D eigenvalue weighted by molar-refractivity contribution is 6.63. The molecule has 0 radical (unpaired) electrons. The molecule has 0 spiro atoms. The van der Waals surface area contributed by atoms with Crippen molar-refractivity contribution in [3.05, 3.63) is 29.8 Å². The second kappa shape index (κ2) is 4.99. The summed E-state index contributed by atoms with van der Waals surface area (Å²) in [6.45, 7) is 1.59. The van der Waals surface area contributed by atoms with Gasteiger partial charge in [-0.15, -0.1) is 0 Å². The van der Waals surface area contributed by atoms with Crippen LogP contribution < -0.4 is 10.1 Å². The van der Waals surface area contributed by atoms with Crippen molar-refractivity contribution in [2.45, 2.75) is 0 Å². The van der Waals surface area contributed by atoms with Gasteiger partial charge in [-0.3, -0.25) is 9.79 Å². The molecular formula is C11H11ClN2O2. The van der Waals surface area contributed by atoms with Gasteiger partial charge < -0.3 is 10.1 Å². The van der Waals surface area contributed by atoms with Crippen molar-refractivity contribution in [2.75, 3.05) is 19.7 Å². The molecule has 1 aromatic rings. The zero-order valence-electron chi connectivity index (χ0n) is 8.57. The summed E-state index contributed by atoms with van der Waals surface area (Å²) in [5.74, 6) is 1.52. The van der Waals surface area contributed by atoms with E-state index in [-0.39, 0.29) is 6.61 Å². The van der Waals surface area contributed by atoms with Crippen LogP contribution in [0.25, 0.3) is 0 Å². The summed E-state index contributed by atoms with van der Waals surface area (Å²) in [4.78, 5) is 14.8. The molecule has 4 nitrogen and oxygen atoms in total. The SMILES string of the molecule is O=C(Cl)COc1ccc(C2=NCCN2)cc1. The van der Waals surface area contributed by atoms with Gasteiger partial charge in [0, 0.05) is 12.1 Å². The number of halogens is 1. The molecule has 0 aliphatic carbocycles. The highest BCUT2D eigenvalue weighted by atomic mass is 35.5. The Morgan fingerprint density at radius 1 is 1.44 bits per heavy atom. The number of amidine groups is 1. The van der Waals surface area contributed by atoms with Crippen LogP contribution in [0.5, 0.6) is 5.75 Å². The van der Waals surface area contributed by atoms with Crippen LogP contribution in [-0.4, -0.2) is 30.8 Å². The summed E-state index contributed by atoms with van der Waals surface area (Å²) in [7, 11) is 0. The van der Waals surface area contributed by atoms with Gasteiger partial charge >= 0.3 is 0 Å². The van der Waals surface area contributed by atoms with E-state index in [4.69, 9.17) is 16.3 Å². The molecule has 1 aromatic carbocycles. The van der Waals surface area contributed by atoms with Gasteiger partial charge in [-0.1, -0.05) is 0 Å². The summed E-state index contributed by atoms with van der Waals surface area (Å²) in [5, 5.41) is 2.67. The van der Waals surface area contributed by atoms with Crippen molar-refractivity contribution in [1.82, 2.24) is 5.32 Å². The number of hydrogen-bond donors (Lipinski definition) is 1. The topological polar surface area (TPSA) is 50.7 Å². The van der Waals surface area contributed by atoms with E-state index >= 15 is 0 Å². The fourth-order valence-corrected chi connectivity index (χ4v) is 1.49. The third-order valence-electron chi connectivity index (χ3n) is 2.15. The molecule has 16 heavy (non-hydrogen) atoms. The first kappa shape index (κ1) is 11.0. The summed E-state index contributed by atoms with van der Waals surface area (Å²) in [6.07, 6.45) is 0. The van der Waals surface area contributed by atoms with E-state index in [0.717, 1.165) is 24.5 Å². The molecule has 0 saturated carbocycles. The highest BCUT2D eigenvalue weighted by Crippen LogP contribution is 2.13. The molecule has 0 saturated heterocycles. The Kier molecular flexibility index (Phi) is 3.41. The van der Waals surface area contributed by atoms with Gasteiger partial charge in [0.1, 0.15) is 11.6 Å². The van der Waals surface area contributed by atoms with Gasteiger partial charge in [-0.05, 0) is 35.9 Å². The lowest BCUT2D eigenvalue weighted by molar-refractivity contribution is -0.113. The average Bonchev–Trinajstić information content (AvgIpc) is 2.80. The number of benzene rings is 1. The van der Waals surface area contributed by atoms with Crippen molar-refractivity contribution in [1.29, 1.82) is 0 Å². The van der Waals surface area contributed by atoms with Gasteiger partial charge in [-0.2, -0.15) is 0 Å². The number of carbonyl (C=O) groups excluding carboxylic acids is 1. The zero-order chi connectivity index (χ0) is 11.4. The van der Waals surface area contributed by atoms with Crippen LogP contribution in [0.3, 0.4) is 0 Å². The minimum absolute atomic E-state index is 0.111. The number of nitrogens with zero attached hydrogens (tertiary/aromatic N) is 1. The van der Waals surface area contributed by atoms with Crippen LogP contribution in [0.2, 0.25) is 0 Å². The van der Waals surface area contributed by atoms with Crippen LogP contribution in [0.1, 0.15) is 5.56 Å². The molecular weight excluding hydrogens is 228 g/mol. The van der Waals surface area contributed by atoms with E-state index in [1.807, 2.05) is 12.1 Å². The third-order valence-corrected chi connectivity index (χ3v) is 2.26. The van der Waals surface area contributed by atoms with E-state index in [2.05, 4.69) is 10.3 Å². The lowest BCUT2D eigenvalue weighted by Crippen LogP contribution is -2.19. The Balaban J connectivity index is 2.01. The molecule has 0 fully saturated rings. The molecule has 0 unspecified atom stereocenters. The predicted molar refractivity (Wildman–Crippen MR) is 62.2 cm³/mol. The third kappa shape index (κ3) is 2.73. The van der Waals surface area contributed by atoms with Crippen LogP contribution in [0.4, 0.5) is 0 Å². The van der Waals surface area contributed by atoms with Gasteiger partial charge in [0.15, 0.2) is 6.61 Å². The predicted octanol–water partition coefficient (Wildman–Crippen LogP) is 1.18. The summed E-state index contributed by atoms with van der Waals surface area (Å²) >= 11 is 5.17. The minimum atomic E-state index is -0.508. The molecule has 1 N–H and O–H groups in total. The molecule has 1 aliphatic rings. The number of ether oxygens (including phenoxy) is 1. The van der Waals surface area contributed by atoms with Gasteiger partial charge in [0.05, 0.1) is 6.54 Å². The normalized spacial score (nSPS) is 14.2. The quantitative estimate of drug-likeness (QED) is 0.802. The number of nitrogens with one attached hydrogen (secondary N) is 1. The number of hydrogen-bond acceptors (Lipinski definition) is 4. The molecule has 5 heteroatoms. The smallest absolute Gasteiger partial charge is 0.259 e. The fourth-order valence-electron chi connectivity index (χ4n) is 1.44. The lowest BCUT2D eigenvalue weighted by atomic mass is 10.2. The summed E-state index contributed by atoms with van der Waals surface area (Å²) in [5.41, 5.74) is 1.02. The number of carbonyl (C=O) groups is 1. The highest BCUT2D eigenvalue weighted by Gasteiger charge is 2.07. The Bertz CT molecular complexity index is 414. The Labute approximate surface area is 98.3 Å². The maximum absolute atomic E-state index is 10.5. The lowest BCUT2D eigenvalue weighted by Gasteiger charge is -2.05. The van der Waals surface area contributed by atoms with Crippen LogP contribution in [-0.2, 0) is 4.79 Å². The van der Waals surface area contributed by atoms with E-state index in [0.29, 0.717) is 5.75 Å². The van der Waals surface area contributed by atoms with Gasteiger partial charge in [0.2, 0.25) is 0 Å². The second-order valence-electron chi connectivity index (χ2n) is 3.33. The van der Waals surface area contributed by atoms with E-state index < -0.39 is 5.24 Å². The molecule has 1 aliphatic heterocycles. The molecule has 0 bridgehead atoms. The van der Waals surface area contributed by atoms with E-state index in [1.165, 1.54) is 0 Å². The maximum atomic E-state index is 10.5. The van der Waals surface area contributed by atoms with Crippen molar-refractivity contribution in [3.8, 4) is 5.75 Å². The van der Waals surface area contributed by atoms with Gasteiger partial charge in [0.25, 0.3) is 5.24 Å². The van der Waals surface area contributed by atoms with Crippen LogP contribution >= 0.6 is 11.6 Å². The Hall–Kier alpha value is -1.55. The number of rotatable bonds is 4. The Morgan fingerprint density at radius 2 is 2.19 bits per heavy atom. The van der Waals surface area contributed by atoms with Crippen molar-refractivity contribution < 1.29 is 9.53 Å². The monoisotopic (exact) mass is 238 g/mol. The first-order valence-corrected chi connectivity index (χ1v) is 5.33. The van der Waals surface area contributed by atoms with Crippen LogP contribution in [0, 0.1) is 0 Å². The van der Waals surface area contributed by atoms with E-state index in [1.54, 1.807) is 12.1 Å². The average molecular weight is 239 g/mol. The van der Waals surface area contributed by atoms with Crippen molar-refractivity contribution in [3.63, 3.8) is 0 Å². The standard InChI is InChI=1S/C11H11ClN2O2/c12-10(15)7-16-9-3-1-8(2-4-9)11-13-5-6-14-11/h1-4H,5-7H2,(H,13,14). The first-order valence-electron chi connectivity index (χ1n) is 4.95. The summed E-state index contributed by atoms with van der Waals surface area (Å²) < 4.78 is 5.14.